The van der Waals surface area contributed by atoms with Gasteiger partial charge in [0.05, 0.1) is 30.5 Å². The summed E-state index contributed by atoms with van der Waals surface area (Å²) in [5, 5.41) is 10.4. The summed E-state index contributed by atoms with van der Waals surface area (Å²) in [6, 6.07) is 1.09. The number of hydrogen-bond acceptors (Lipinski definition) is 4. The molecule has 0 radical (unpaired) electrons. The maximum Gasteiger partial charge on any atom is 0.435 e. The largest absolute Gasteiger partial charge is 0.435 e. The average Bonchev–Trinajstić information content (AvgIpc) is 3.16. The molecule has 1 N–H and O–H groups in total. The number of anilines is 1. The summed E-state index contributed by atoms with van der Waals surface area (Å²) in [4.78, 5) is 12.3. The number of aromatic nitrogens is 4. The summed E-state index contributed by atoms with van der Waals surface area (Å²) in [6.07, 6.45) is 0.301. The molecule has 0 bridgehead atoms. The number of carbonyl (C=O) groups is 1. The second-order valence-electron chi connectivity index (χ2n) is 6.49. The Balaban J connectivity index is 1.67. The van der Waals surface area contributed by atoms with Crippen LogP contribution in [-0.2, 0) is 29.0 Å². The summed E-state index contributed by atoms with van der Waals surface area (Å²) in [5.41, 5.74) is 0.135. The lowest BCUT2D eigenvalue weighted by molar-refractivity contribution is -0.141. The first-order chi connectivity index (χ1) is 12.3. The first kappa shape index (κ1) is 18.4. The molecule has 26 heavy (non-hydrogen) atoms. The first-order valence-electron chi connectivity index (χ1n) is 8.25. The fourth-order valence-electron chi connectivity index (χ4n) is 2.66. The topological polar surface area (TPSA) is 74.0 Å². The van der Waals surface area contributed by atoms with Crippen molar-refractivity contribution in [2.24, 2.45) is 5.92 Å². The van der Waals surface area contributed by atoms with E-state index in [9.17, 15) is 18.0 Å². The molecule has 1 saturated carbocycles. The molecule has 10 heteroatoms. The summed E-state index contributed by atoms with van der Waals surface area (Å²) >= 11 is 0. The van der Waals surface area contributed by atoms with Crippen LogP contribution in [0.3, 0.4) is 0 Å². The van der Waals surface area contributed by atoms with E-state index in [0.29, 0.717) is 11.4 Å². The van der Waals surface area contributed by atoms with Crippen LogP contribution < -0.4 is 5.32 Å². The van der Waals surface area contributed by atoms with Crippen LogP contribution >= 0.6 is 0 Å². The van der Waals surface area contributed by atoms with Gasteiger partial charge in [-0.3, -0.25) is 9.48 Å². The van der Waals surface area contributed by atoms with E-state index in [1.165, 1.54) is 22.7 Å². The molecule has 1 amide bonds. The van der Waals surface area contributed by atoms with Crippen molar-refractivity contribution in [2.45, 2.75) is 45.1 Å². The van der Waals surface area contributed by atoms with Gasteiger partial charge in [0, 0.05) is 18.7 Å². The van der Waals surface area contributed by atoms with E-state index in [1.807, 2.05) is 0 Å². The van der Waals surface area contributed by atoms with Crippen LogP contribution in [0.15, 0.2) is 18.5 Å². The summed E-state index contributed by atoms with van der Waals surface area (Å²) in [6.45, 7) is 1.99. The van der Waals surface area contributed by atoms with E-state index < -0.39 is 17.8 Å². The zero-order valence-corrected chi connectivity index (χ0v) is 14.5. The lowest BCUT2D eigenvalue weighted by Gasteiger charge is -2.13. The van der Waals surface area contributed by atoms with Gasteiger partial charge in [0.2, 0.25) is 5.91 Å². The molecule has 142 valence electrons. The molecule has 0 aromatic carbocycles. The monoisotopic (exact) mass is 371 g/mol. The predicted octanol–water partition coefficient (Wildman–Crippen LogP) is 2.85. The number of rotatable bonds is 7. The van der Waals surface area contributed by atoms with Crippen LogP contribution in [0.25, 0.3) is 0 Å². The lowest BCUT2D eigenvalue weighted by Crippen LogP contribution is -2.25. The summed E-state index contributed by atoms with van der Waals surface area (Å²) in [5.74, 6) is -0.770. The third kappa shape index (κ3) is 4.24. The van der Waals surface area contributed by atoms with Gasteiger partial charge >= 0.3 is 6.18 Å². The van der Waals surface area contributed by atoms with Crippen LogP contribution in [0.2, 0.25) is 0 Å². The second kappa shape index (κ2) is 7.10. The van der Waals surface area contributed by atoms with Crippen LogP contribution in [-0.4, -0.2) is 32.6 Å². The van der Waals surface area contributed by atoms with E-state index in [4.69, 9.17) is 4.74 Å². The molecule has 0 spiro atoms. The molecule has 2 aromatic heterocycles. The molecular formula is C16H20F3N5O2. The fraction of sp³-hybridized carbons (Fsp3) is 0.562. The van der Waals surface area contributed by atoms with Crippen molar-refractivity contribution >= 4 is 11.6 Å². The number of halogens is 3. The quantitative estimate of drug-likeness (QED) is 0.812. The molecule has 0 aliphatic heterocycles. The fourth-order valence-corrected chi connectivity index (χ4v) is 2.66. The van der Waals surface area contributed by atoms with Crippen molar-refractivity contribution in [1.82, 2.24) is 19.6 Å². The third-order valence-corrected chi connectivity index (χ3v) is 4.15. The molecule has 7 nitrogen and oxygen atoms in total. The number of methoxy groups -OCH3 is 1. The number of nitrogens with one attached hydrogen (secondary N) is 1. The maximum atomic E-state index is 12.9. The van der Waals surface area contributed by atoms with E-state index in [1.54, 1.807) is 13.1 Å². The number of amides is 1. The van der Waals surface area contributed by atoms with Crippen molar-refractivity contribution in [1.29, 1.82) is 0 Å². The Morgan fingerprint density at radius 2 is 2.19 bits per heavy atom. The smallest absolute Gasteiger partial charge is 0.362 e. The average molecular weight is 371 g/mol. The van der Waals surface area contributed by atoms with E-state index in [-0.39, 0.29) is 25.1 Å². The highest BCUT2D eigenvalue weighted by molar-refractivity contribution is 5.91. The van der Waals surface area contributed by atoms with Gasteiger partial charge in [-0.2, -0.15) is 23.4 Å². The van der Waals surface area contributed by atoms with Crippen molar-refractivity contribution in [3.05, 3.63) is 29.8 Å². The lowest BCUT2D eigenvalue weighted by atomic mass is 10.1. The number of hydrogen-bond donors (Lipinski definition) is 1. The van der Waals surface area contributed by atoms with Crippen molar-refractivity contribution in [3.8, 4) is 0 Å². The molecule has 2 aromatic rings. The van der Waals surface area contributed by atoms with Gasteiger partial charge in [0.25, 0.3) is 0 Å². The van der Waals surface area contributed by atoms with Crippen LogP contribution in [0.4, 0.5) is 18.9 Å². The Morgan fingerprint density at radius 3 is 2.81 bits per heavy atom. The highest BCUT2D eigenvalue weighted by Gasteiger charge is 2.38. The minimum atomic E-state index is -4.49. The minimum Gasteiger partial charge on any atom is -0.362 e. The molecule has 1 unspecified atom stereocenters. The van der Waals surface area contributed by atoms with Gasteiger partial charge in [-0.25, -0.2) is 4.68 Å². The molecule has 1 aliphatic rings. The highest BCUT2D eigenvalue weighted by atomic mass is 19.4. The summed E-state index contributed by atoms with van der Waals surface area (Å²) < 4.78 is 46.6. The molecule has 1 aliphatic carbocycles. The van der Waals surface area contributed by atoms with Crippen LogP contribution in [0.1, 0.15) is 37.1 Å². The summed E-state index contributed by atoms with van der Waals surface area (Å²) in [7, 11) is 1.53. The molecular weight excluding hydrogens is 351 g/mol. The molecule has 2 heterocycles. The van der Waals surface area contributed by atoms with Gasteiger partial charge in [0.15, 0.2) is 5.69 Å². The van der Waals surface area contributed by atoms with E-state index >= 15 is 0 Å². The first-order valence-corrected chi connectivity index (χ1v) is 8.25. The van der Waals surface area contributed by atoms with Crippen molar-refractivity contribution in [2.75, 3.05) is 12.4 Å². The number of carbonyl (C=O) groups excluding carboxylic acids is 1. The molecule has 3 rings (SSSR count). The Hall–Kier alpha value is -2.36. The molecule has 1 atom stereocenters. The Bertz CT molecular complexity index is 779. The Kier molecular flexibility index (Phi) is 5.03. The second-order valence-corrected chi connectivity index (χ2v) is 6.49. The standard InChI is InChI=1S/C16H20F3N5O2/c1-10(15(25)21-12-6-20-23(8-12)9-26-2)7-24-13(11-3-4-11)5-14(22-24)16(17,18)19/h5-6,8,10-11H,3-4,7,9H2,1-2H3,(H,21,25). The van der Waals surface area contributed by atoms with Crippen LogP contribution in [0, 0.1) is 5.92 Å². The maximum absolute atomic E-state index is 12.9. The van der Waals surface area contributed by atoms with Crippen molar-refractivity contribution < 1.29 is 22.7 Å². The molecule has 0 saturated heterocycles. The van der Waals surface area contributed by atoms with Gasteiger partial charge in [-0.15, -0.1) is 0 Å². The number of nitrogens with zero attached hydrogens (tertiary/aromatic N) is 4. The minimum absolute atomic E-state index is 0.0833. The zero-order valence-electron chi connectivity index (χ0n) is 14.5. The predicted molar refractivity (Wildman–Crippen MR) is 86.2 cm³/mol. The highest BCUT2D eigenvalue weighted by Crippen LogP contribution is 2.42. The van der Waals surface area contributed by atoms with E-state index in [2.05, 4.69) is 15.5 Å². The zero-order chi connectivity index (χ0) is 18.9. The molecule has 1 fully saturated rings. The van der Waals surface area contributed by atoms with Gasteiger partial charge in [-0.05, 0) is 18.9 Å². The van der Waals surface area contributed by atoms with Gasteiger partial charge in [-0.1, -0.05) is 6.92 Å². The third-order valence-electron chi connectivity index (χ3n) is 4.15. The SMILES string of the molecule is COCn1cc(NC(=O)C(C)Cn2nc(C(F)(F)F)cc2C2CC2)cn1. The van der Waals surface area contributed by atoms with Crippen molar-refractivity contribution in [3.63, 3.8) is 0 Å². The number of ether oxygens (including phenoxy) is 1. The van der Waals surface area contributed by atoms with Gasteiger partial charge < -0.3 is 10.1 Å². The van der Waals surface area contributed by atoms with E-state index in [0.717, 1.165) is 18.9 Å². The van der Waals surface area contributed by atoms with Crippen LogP contribution in [0.5, 0.6) is 0 Å². The normalized spacial score (nSPS) is 15.9. The van der Waals surface area contributed by atoms with Gasteiger partial charge in [0.1, 0.15) is 6.73 Å². The Morgan fingerprint density at radius 1 is 1.46 bits per heavy atom. The Labute approximate surface area is 148 Å². The number of alkyl halides is 3.